The number of rotatable bonds is 5. The summed E-state index contributed by atoms with van der Waals surface area (Å²) in [6, 6.07) is 4.81. The van der Waals surface area contributed by atoms with Gasteiger partial charge in [0.2, 0.25) is 5.91 Å². The molecular formula is C13H15N3O4. The minimum Gasteiger partial charge on any atom is -0.372 e. The van der Waals surface area contributed by atoms with Gasteiger partial charge in [0.25, 0.3) is 0 Å². The number of aromatic amines is 2. The Bertz CT molecular complexity index is 732. The van der Waals surface area contributed by atoms with Gasteiger partial charge in [-0.2, -0.15) is 0 Å². The maximum atomic E-state index is 11.6. The third kappa shape index (κ3) is 3.33. The molecule has 0 radical (unpaired) electrons. The fourth-order valence-corrected chi connectivity index (χ4v) is 1.70. The maximum Gasteiger partial charge on any atom is 0.314 e. The minimum absolute atomic E-state index is 0.0198. The van der Waals surface area contributed by atoms with E-state index in [0.717, 1.165) is 6.42 Å². The third-order valence-corrected chi connectivity index (χ3v) is 2.59. The van der Waals surface area contributed by atoms with Gasteiger partial charge in [-0.05, 0) is 24.6 Å². The number of H-pyrrole nitrogens is 2. The molecule has 0 aliphatic carbocycles. The molecule has 0 aliphatic rings. The molecule has 0 atom stereocenters. The molecule has 106 valence electrons. The number of hydrogen-bond acceptors (Lipinski definition) is 4. The van der Waals surface area contributed by atoms with Crippen molar-refractivity contribution in [2.45, 2.75) is 13.3 Å². The van der Waals surface area contributed by atoms with E-state index in [1.165, 1.54) is 0 Å². The van der Waals surface area contributed by atoms with Gasteiger partial charge < -0.3 is 20.0 Å². The lowest BCUT2D eigenvalue weighted by molar-refractivity contribution is -0.120. The number of nitrogens with one attached hydrogen (secondary N) is 3. The topological polar surface area (TPSA) is 104 Å². The summed E-state index contributed by atoms with van der Waals surface area (Å²) in [7, 11) is 0. The van der Waals surface area contributed by atoms with E-state index in [2.05, 4.69) is 15.3 Å². The molecule has 0 aliphatic heterocycles. The summed E-state index contributed by atoms with van der Waals surface area (Å²) < 4.78 is 5.12. The van der Waals surface area contributed by atoms with Crippen molar-refractivity contribution in [2.24, 2.45) is 0 Å². The fourth-order valence-electron chi connectivity index (χ4n) is 1.70. The Morgan fingerprint density at radius 2 is 1.90 bits per heavy atom. The molecule has 1 aromatic heterocycles. The van der Waals surface area contributed by atoms with Crippen molar-refractivity contribution in [3.63, 3.8) is 0 Å². The van der Waals surface area contributed by atoms with Crippen molar-refractivity contribution in [3.8, 4) is 0 Å². The lowest BCUT2D eigenvalue weighted by Gasteiger charge is -2.06. The van der Waals surface area contributed by atoms with Gasteiger partial charge in [0, 0.05) is 12.3 Å². The van der Waals surface area contributed by atoms with E-state index in [1.54, 1.807) is 18.2 Å². The third-order valence-electron chi connectivity index (χ3n) is 2.59. The van der Waals surface area contributed by atoms with E-state index in [4.69, 9.17) is 4.74 Å². The van der Waals surface area contributed by atoms with Crippen molar-refractivity contribution in [2.75, 3.05) is 18.5 Å². The van der Waals surface area contributed by atoms with Gasteiger partial charge in [-0.3, -0.25) is 14.4 Å². The SMILES string of the molecule is CCCOCC(=O)Nc1ccc2[nH]c(=O)c(=O)[nH]c2c1. The monoisotopic (exact) mass is 277 g/mol. The number of benzene rings is 1. The van der Waals surface area contributed by atoms with Crippen LogP contribution in [-0.4, -0.2) is 29.1 Å². The first kappa shape index (κ1) is 14.0. The van der Waals surface area contributed by atoms with E-state index in [0.29, 0.717) is 23.3 Å². The van der Waals surface area contributed by atoms with Crippen molar-refractivity contribution < 1.29 is 9.53 Å². The number of carbonyl (C=O) groups is 1. The lowest BCUT2D eigenvalue weighted by atomic mass is 10.2. The summed E-state index contributed by atoms with van der Waals surface area (Å²) in [5, 5.41) is 2.65. The highest BCUT2D eigenvalue weighted by molar-refractivity contribution is 5.93. The van der Waals surface area contributed by atoms with E-state index in [9.17, 15) is 14.4 Å². The molecule has 1 amide bonds. The normalized spacial score (nSPS) is 10.7. The Labute approximate surface area is 114 Å². The van der Waals surface area contributed by atoms with Crippen LogP contribution in [0.4, 0.5) is 5.69 Å². The van der Waals surface area contributed by atoms with Gasteiger partial charge >= 0.3 is 11.1 Å². The van der Waals surface area contributed by atoms with Gasteiger partial charge in [-0.1, -0.05) is 6.92 Å². The molecule has 2 aromatic rings. The van der Waals surface area contributed by atoms with E-state index in [1.807, 2.05) is 6.92 Å². The van der Waals surface area contributed by atoms with Crippen molar-refractivity contribution in [1.29, 1.82) is 0 Å². The molecule has 1 aromatic carbocycles. The molecule has 1 heterocycles. The van der Waals surface area contributed by atoms with E-state index < -0.39 is 11.1 Å². The molecule has 0 bridgehead atoms. The lowest BCUT2D eigenvalue weighted by Crippen LogP contribution is -2.29. The van der Waals surface area contributed by atoms with Crippen LogP contribution in [0.15, 0.2) is 27.8 Å². The maximum absolute atomic E-state index is 11.6. The highest BCUT2D eigenvalue weighted by atomic mass is 16.5. The van der Waals surface area contributed by atoms with Crippen LogP contribution in [0.5, 0.6) is 0 Å². The van der Waals surface area contributed by atoms with Crippen LogP contribution in [0, 0.1) is 0 Å². The van der Waals surface area contributed by atoms with Crippen LogP contribution >= 0.6 is 0 Å². The number of ether oxygens (including phenoxy) is 1. The summed E-state index contributed by atoms with van der Waals surface area (Å²) in [4.78, 5) is 38.9. The van der Waals surface area contributed by atoms with Gasteiger partial charge in [0.1, 0.15) is 6.61 Å². The van der Waals surface area contributed by atoms with E-state index in [-0.39, 0.29) is 12.5 Å². The summed E-state index contributed by atoms with van der Waals surface area (Å²) >= 11 is 0. The fraction of sp³-hybridized carbons (Fsp3) is 0.308. The number of anilines is 1. The summed E-state index contributed by atoms with van der Waals surface area (Å²) in [5.74, 6) is -0.274. The van der Waals surface area contributed by atoms with Gasteiger partial charge in [-0.15, -0.1) is 0 Å². The number of aromatic nitrogens is 2. The molecule has 20 heavy (non-hydrogen) atoms. The second-order valence-electron chi connectivity index (χ2n) is 4.27. The van der Waals surface area contributed by atoms with Crippen LogP contribution < -0.4 is 16.4 Å². The molecule has 0 fully saturated rings. The molecule has 3 N–H and O–H groups in total. The van der Waals surface area contributed by atoms with Crippen molar-refractivity contribution in [1.82, 2.24) is 9.97 Å². The Morgan fingerprint density at radius 3 is 2.60 bits per heavy atom. The summed E-state index contributed by atoms with van der Waals surface area (Å²) in [5.41, 5.74) is 0.0245. The predicted octanol–water partition coefficient (Wildman–Crippen LogP) is 0.582. The Morgan fingerprint density at radius 1 is 1.20 bits per heavy atom. The smallest absolute Gasteiger partial charge is 0.314 e. The molecule has 7 heteroatoms. The van der Waals surface area contributed by atoms with Gasteiger partial charge in [0.05, 0.1) is 11.0 Å². The molecule has 0 spiro atoms. The second-order valence-corrected chi connectivity index (χ2v) is 4.27. The zero-order valence-corrected chi connectivity index (χ0v) is 11.0. The zero-order valence-electron chi connectivity index (χ0n) is 11.0. The first-order chi connectivity index (χ1) is 9.60. The first-order valence-corrected chi connectivity index (χ1v) is 6.24. The number of carbonyl (C=O) groups excluding carboxylic acids is 1. The zero-order chi connectivity index (χ0) is 14.5. The number of amides is 1. The molecule has 7 nitrogen and oxygen atoms in total. The molecule has 0 saturated carbocycles. The van der Waals surface area contributed by atoms with Gasteiger partial charge in [0.15, 0.2) is 0 Å². The van der Waals surface area contributed by atoms with E-state index >= 15 is 0 Å². The average Bonchev–Trinajstić information content (AvgIpc) is 2.41. The Kier molecular flexibility index (Phi) is 4.31. The van der Waals surface area contributed by atoms with Crippen molar-refractivity contribution >= 4 is 22.6 Å². The van der Waals surface area contributed by atoms with Crippen molar-refractivity contribution in [3.05, 3.63) is 38.9 Å². The van der Waals surface area contributed by atoms with Gasteiger partial charge in [-0.25, -0.2) is 0 Å². The average molecular weight is 277 g/mol. The number of hydrogen-bond donors (Lipinski definition) is 3. The van der Waals surface area contributed by atoms with Crippen LogP contribution in [0.25, 0.3) is 11.0 Å². The van der Waals surface area contributed by atoms with Crippen LogP contribution in [0.1, 0.15) is 13.3 Å². The molecule has 0 unspecified atom stereocenters. The highest BCUT2D eigenvalue weighted by Crippen LogP contribution is 2.13. The standard InChI is InChI=1S/C13H15N3O4/c1-2-5-20-7-11(17)14-8-3-4-9-10(6-8)16-13(19)12(18)15-9/h3-4,6H,2,5,7H2,1H3,(H,14,17)(H,15,18)(H,16,19). The van der Waals surface area contributed by atoms with Crippen LogP contribution in [0.3, 0.4) is 0 Å². The minimum atomic E-state index is -0.729. The molecule has 2 rings (SSSR count). The molecular weight excluding hydrogens is 262 g/mol. The quantitative estimate of drug-likeness (QED) is 0.549. The Balaban J connectivity index is 2.15. The Hall–Kier alpha value is -2.41. The summed E-state index contributed by atoms with van der Waals surface area (Å²) in [6.45, 7) is 2.46. The second kappa shape index (κ2) is 6.16. The number of fused-ring (bicyclic) bond motifs is 1. The highest BCUT2D eigenvalue weighted by Gasteiger charge is 2.04. The molecule has 0 saturated heterocycles. The van der Waals surface area contributed by atoms with Crippen LogP contribution in [0.2, 0.25) is 0 Å². The first-order valence-electron chi connectivity index (χ1n) is 6.24. The summed E-state index contributed by atoms with van der Waals surface area (Å²) in [6.07, 6.45) is 0.845. The predicted molar refractivity (Wildman–Crippen MR) is 74.9 cm³/mol. The van der Waals surface area contributed by atoms with Crippen LogP contribution in [-0.2, 0) is 9.53 Å². The largest absolute Gasteiger partial charge is 0.372 e.